The summed E-state index contributed by atoms with van der Waals surface area (Å²) in [4.78, 5) is 44.8. The van der Waals surface area contributed by atoms with E-state index >= 15 is 0 Å². The van der Waals surface area contributed by atoms with Crippen molar-refractivity contribution in [3.8, 4) is 0 Å². The molecule has 1 atom stereocenters. The highest BCUT2D eigenvalue weighted by molar-refractivity contribution is 5.88. The summed E-state index contributed by atoms with van der Waals surface area (Å²) in [7, 11) is 0. The lowest BCUT2D eigenvalue weighted by Gasteiger charge is -2.26. The van der Waals surface area contributed by atoms with Gasteiger partial charge in [0.1, 0.15) is 0 Å². The van der Waals surface area contributed by atoms with E-state index in [1.165, 1.54) is 11.1 Å². The molecular formula is C23H34N2O8. The van der Waals surface area contributed by atoms with E-state index in [2.05, 4.69) is 48.3 Å². The number of aliphatic hydroxyl groups is 1. The van der Waals surface area contributed by atoms with E-state index in [-0.39, 0.29) is 5.91 Å². The number of fused-ring (bicyclic) bond motifs is 1. The molecule has 1 aliphatic rings. The number of amides is 1. The zero-order valence-corrected chi connectivity index (χ0v) is 19.1. The quantitative estimate of drug-likeness (QED) is 0.322. The molecule has 0 aliphatic heterocycles. The third-order valence-corrected chi connectivity index (χ3v) is 5.55. The Balaban J connectivity index is 0.000000366. The summed E-state index contributed by atoms with van der Waals surface area (Å²) in [5.41, 5.74) is 0.103. The highest BCUT2D eigenvalue weighted by atomic mass is 16.4. The van der Waals surface area contributed by atoms with Gasteiger partial charge in [-0.1, -0.05) is 38.1 Å². The van der Waals surface area contributed by atoms with Crippen LogP contribution in [-0.2, 0) is 32.0 Å². The molecule has 0 spiro atoms. The maximum Gasteiger partial charge on any atom is 0.336 e. The van der Waals surface area contributed by atoms with Crippen molar-refractivity contribution in [3.05, 3.63) is 35.4 Å². The molecule has 0 bridgehead atoms. The van der Waals surface area contributed by atoms with Gasteiger partial charge in [-0.05, 0) is 43.5 Å². The average Bonchev–Trinajstić information content (AvgIpc) is 2.73. The number of carboxylic acid groups (broad SMARTS) is 3. The second-order valence-corrected chi connectivity index (χ2v) is 8.03. The molecule has 0 aromatic heterocycles. The molecule has 0 saturated heterocycles. The van der Waals surface area contributed by atoms with Gasteiger partial charge in [0.25, 0.3) is 0 Å². The van der Waals surface area contributed by atoms with E-state index in [1.54, 1.807) is 0 Å². The monoisotopic (exact) mass is 466 g/mol. The Morgan fingerprint density at radius 3 is 2.03 bits per heavy atom. The molecule has 0 radical (unpaired) electrons. The molecule has 10 heteroatoms. The predicted octanol–water partition coefficient (Wildman–Crippen LogP) is 1.14. The second-order valence-electron chi connectivity index (χ2n) is 8.03. The zero-order valence-electron chi connectivity index (χ0n) is 19.1. The fraction of sp³-hybridized carbons (Fsp3) is 0.565. The number of carboxylic acids is 3. The van der Waals surface area contributed by atoms with Crippen LogP contribution < -0.4 is 5.32 Å². The number of hydrogen-bond donors (Lipinski definition) is 5. The number of aliphatic carboxylic acids is 3. The molecule has 1 aromatic carbocycles. The van der Waals surface area contributed by atoms with Crippen molar-refractivity contribution < 1.29 is 39.6 Å². The summed E-state index contributed by atoms with van der Waals surface area (Å²) in [5.74, 6) is -4.82. The van der Waals surface area contributed by atoms with Crippen molar-refractivity contribution in [2.75, 3.05) is 19.6 Å². The van der Waals surface area contributed by atoms with Crippen molar-refractivity contribution in [1.82, 2.24) is 10.2 Å². The van der Waals surface area contributed by atoms with Gasteiger partial charge in [-0.3, -0.25) is 14.4 Å². The van der Waals surface area contributed by atoms with Crippen LogP contribution in [0.25, 0.3) is 0 Å². The summed E-state index contributed by atoms with van der Waals surface area (Å²) in [5, 5.41) is 37.0. The topological polar surface area (TPSA) is 164 Å². The second kappa shape index (κ2) is 13.5. The van der Waals surface area contributed by atoms with E-state index in [9.17, 15) is 19.2 Å². The number of rotatable bonds is 11. The van der Waals surface area contributed by atoms with Crippen LogP contribution in [0.2, 0.25) is 0 Å². The van der Waals surface area contributed by atoms with Crippen LogP contribution in [0.3, 0.4) is 0 Å². The first-order valence-corrected chi connectivity index (χ1v) is 11.0. The third kappa shape index (κ3) is 10.0. The zero-order chi connectivity index (χ0) is 25.0. The third-order valence-electron chi connectivity index (χ3n) is 5.55. The van der Waals surface area contributed by atoms with Crippen LogP contribution in [0.4, 0.5) is 0 Å². The van der Waals surface area contributed by atoms with Crippen LogP contribution in [0.5, 0.6) is 0 Å². The average molecular weight is 467 g/mol. The summed E-state index contributed by atoms with van der Waals surface area (Å²) in [6, 6.07) is 8.89. The van der Waals surface area contributed by atoms with Gasteiger partial charge < -0.3 is 30.6 Å². The van der Waals surface area contributed by atoms with Crippen molar-refractivity contribution in [1.29, 1.82) is 0 Å². The van der Waals surface area contributed by atoms with Crippen molar-refractivity contribution >= 4 is 23.8 Å². The lowest BCUT2D eigenvalue weighted by Crippen LogP contribution is -2.42. The van der Waals surface area contributed by atoms with Gasteiger partial charge in [-0.2, -0.15) is 0 Å². The largest absolute Gasteiger partial charge is 0.481 e. The minimum atomic E-state index is -2.74. The summed E-state index contributed by atoms with van der Waals surface area (Å²) >= 11 is 0. The number of hydrogen-bond acceptors (Lipinski definition) is 6. The molecule has 0 saturated carbocycles. The summed E-state index contributed by atoms with van der Waals surface area (Å²) in [6.07, 6.45) is 1.45. The lowest BCUT2D eigenvalue weighted by atomic mass is 9.88. The molecule has 0 fully saturated rings. The Labute approximate surface area is 193 Å². The summed E-state index contributed by atoms with van der Waals surface area (Å²) in [6.45, 7) is 7.17. The molecule has 1 amide bonds. The molecule has 10 nitrogen and oxygen atoms in total. The highest BCUT2D eigenvalue weighted by Crippen LogP contribution is 2.21. The fourth-order valence-corrected chi connectivity index (χ4v) is 3.63. The minimum Gasteiger partial charge on any atom is -0.481 e. The Kier molecular flexibility index (Phi) is 11.5. The summed E-state index contributed by atoms with van der Waals surface area (Å²) < 4.78 is 0. The van der Waals surface area contributed by atoms with Gasteiger partial charge in [-0.25, -0.2) is 4.79 Å². The Morgan fingerprint density at radius 2 is 1.55 bits per heavy atom. The minimum absolute atomic E-state index is 0.196. The van der Waals surface area contributed by atoms with Crippen LogP contribution in [0.15, 0.2) is 24.3 Å². The van der Waals surface area contributed by atoms with Crippen molar-refractivity contribution in [3.63, 3.8) is 0 Å². The van der Waals surface area contributed by atoms with Gasteiger partial charge >= 0.3 is 17.9 Å². The maximum atomic E-state index is 12.0. The molecular weight excluding hydrogens is 432 g/mol. The van der Waals surface area contributed by atoms with Crippen LogP contribution in [0, 0.1) is 0 Å². The Morgan fingerprint density at radius 1 is 1.00 bits per heavy atom. The number of nitrogens with one attached hydrogen (secondary N) is 1. The highest BCUT2D eigenvalue weighted by Gasteiger charge is 2.40. The SMILES string of the molecule is CCN(CC)CCC(=O)NC1CCc2ccccc2C1.O=C(O)CC(O)(CC(=O)O)C(=O)O. The number of nitrogens with zero attached hydrogens (tertiary/aromatic N) is 1. The maximum absolute atomic E-state index is 12.0. The van der Waals surface area contributed by atoms with Crippen LogP contribution in [0.1, 0.15) is 50.7 Å². The number of carbonyl (C=O) groups is 4. The molecule has 184 valence electrons. The first kappa shape index (κ1) is 28.1. The van der Waals surface area contributed by atoms with E-state index in [4.69, 9.17) is 20.4 Å². The molecule has 1 unspecified atom stereocenters. The van der Waals surface area contributed by atoms with Gasteiger partial charge in [0.05, 0.1) is 12.8 Å². The first-order chi connectivity index (χ1) is 15.5. The lowest BCUT2D eigenvalue weighted by molar-refractivity contribution is -0.170. The Hall–Kier alpha value is -2.98. The van der Waals surface area contributed by atoms with E-state index < -0.39 is 36.4 Å². The smallest absolute Gasteiger partial charge is 0.336 e. The van der Waals surface area contributed by atoms with Crippen LogP contribution in [-0.4, -0.2) is 80.4 Å². The molecule has 1 aliphatic carbocycles. The van der Waals surface area contributed by atoms with Gasteiger partial charge in [0, 0.05) is 19.0 Å². The van der Waals surface area contributed by atoms with E-state index in [0.29, 0.717) is 12.5 Å². The first-order valence-electron chi connectivity index (χ1n) is 11.0. The van der Waals surface area contributed by atoms with E-state index in [1.807, 2.05) is 0 Å². The van der Waals surface area contributed by atoms with Crippen LogP contribution >= 0.6 is 0 Å². The fourth-order valence-electron chi connectivity index (χ4n) is 3.63. The number of benzene rings is 1. The standard InChI is InChI=1S/C17H26N2O.C6H8O7/c1-3-19(4-2)12-11-17(20)18-16-10-9-14-7-5-6-8-15(14)13-16;7-3(8)1-6(13,5(11)12)2-4(9)10/h5-8,16H,3-4,9-13H2,1-2H3,(H,18,20);13H,1-2H2,(H,7,8)(H,9,10)(H,11,12). The molecule has 0 heterocycles. The van der Waals surface area contributed by atoms with Crippen molar-refractivity contribution in [2.45, 2.75) is 64.0 Å². The number of carbonyl (C=O) groups excluding carboxylic acids is 1. The molecule has 1 aromatic rings. The predicted molar refractivity (Wildman–Crippen MR) is 120 cm³/mol. The van der Waals surface area contributed by atoms with Gasteiger partial charge in [0.2, 0.25) is 5.91 Å². The normalized spacial score (nSPS) is 15.1. The van der Waals surface area contributed by atoms with Gasteiger partial charge in [0.15, 0.2) is 5.60 Å². The molecule has 2 rings (SSSR count). The number of aryl methyl sites for hydroxylation is 1. The molecule has 5 N–H and O–H groups in total. The van der Waals surface area contributed by atoms with Gasteiger partial charge in [-0.15, -0.1) is 0 Å². The van der Waals surface area contributed by atoms with Crippen molar-refractivity contribution in [2.24, 2.45) is 0 Å². The van der Waals surface area contributed by atoms with E-state index in [0.717, 1.165) is 38.9 Å². The molecule has 33 heavy (non-hydrogen) atoms. The Bertz CT molecular complexity index is 806.